The minimum absolute atomic E-state index is 0.212. The molecular formula is C15H17FO4. The zero-order chi connectivity index (χ0) is 14.0. The highest BCUT2D eigenvalue weighted by molar-refractivity contribution is 5.89. The molecule has 0 radical (unpaired) electrons. The number of esters is 1. The van der Waals surface area contributed by atoms with Crippen molar-refractivity contribution in [3.63, 3.8) is 0 Å². The maximum absolute atomic E-state index is 13.1. The molecule has 2 atom stereocenters. The highest BCUT2D eigenvalue weighted by Crippen LogP contribution is 2.37. The Hall–Kier alpha value is -1.46. The topological polar surface area (TPSA) is 44.8 Å². The second-order valence-electron chi connectivity index (χ2n) is 5.16. The van der Waals surface area contributed by atoms with Crippen LogP contribution in [0.3, 0.4) is 0 Å². The van der Waals surface area contributed by atoms with E-state index in [4.69, 9.17) is 14.2 Å². The van der Waals surface area contributed by atoms with Gasteiger partial charge in [-0.2, -0.15) is 0 Å². The molecule has 0 aliphatic carbocycles. The Morgan fingerprint density at radius 3 is 2.85 bits per heavy atom. The van der Waals surface area contributed by atoms with Crippen LogP contribution < -0.4 is 0 Å². The molecule has 0 amide bonds. The number of carbonyl (C=O) groups excluding carboxylic acids is 1. The molecule has 2 aliphatic heterocycles. The summed E-state index contributed by atoms with van der Waals surface area (Å²) in [5.41, 5.74) is 0.212. The van der Waals surface area contributed by atoms with E-state index in [1.807, 2.05) is 0 Å². The van der Waals surface area contributed by atoms with Gasteiger partial charge in [0.25, 0.3) is 0 Å². The summed E-state index contributed by atoms with van der Waals surface area (Å²) < 4.78 is 30.1. The number of rotatable bonds is 2. The van der Waals surface area contributed by atoms with E-state index in [1.54, 1.807) is 0 Å². The van der Waals surface area contributed by atoms with Gasteiger partial charge < -0.3 is 14.2 Å². The number of hydrogen-bond donors (Lipinski definition) is 0. The average Bonchev–Trinajstić information content (AvgIpc) is 2.91. The standard InChI is InChI=1S/C15H17FO4/c16-12-5-1-4-11(10-12)14(17)20-13-6-2-8-18-15(13)7-3-9-19-15/h1,4-5,10,13H,2-3,6-9H2. The first-order valence-electron chi connectivity index (χ1n) is 6.94. The SMILES string of the molecule is O=C(OC1CCCOC12CCCO2)c1cccc(F)c1. The quantitative estimate of drug-likeness (QED) is 0.781. The van der Waals surface area contributed by atoms with Crippen LogP contribution in [0.5, 0.6) is 0 Å². The van der Waals surface area contributed by atoms with Crippen LogP contribution in [-0.4, -0.2) is 31.1 Å². The van der Waals surface area contributed by atoms with Crippen molar-refractivity contribution >= 4 is 5.97 Å². The lowest BCUT2D eigenvalue weighted by Crippen LogP contribution is -2.50. The number of benzene rings is 1. The molecule has 0 bridgehead atoms. The molecule has 0 N–H and O–H groups in total. The van der Waals surface area contributed by atoms with Crippen molar-refractivity contribution in [1.82, 2.24) is 0 Å². The van der Waals surface area contributed by atoms with Gasteiger partial charge in [-0.3, -0.25) is 0 Å². The van der Waals surface area contributed by atoms with Crippen LogP contribution in [0.2, 0.25) is 0 Å². The minimum Gasteiger partial charge on any atom is -0.453 e. The first-order chi connectivity index (χ1) is 9.70. The first kappa shape index (κ1) is 13.5. The van der Waals surface area contributed by atoms with Crippen molar-refractivity contribution in [2.45, 2.75) is 37.6 Å². The molecule has 3 rings (SSSR count). The van der Waals surface area contributed by atoms with Crippen molar-refractivity contribution in [3.05, 3.63) is 35.6 Å². The summed E-state index contributed by atoms with van der Waals surface area (Å²) in [6, 6.07) is 5.50. The zero-order valence-electron chi connectivity index (χ0n) is 11.1. The number of hydrogen-bond acceptors (Lipinski definition) is 4. The van der Waals surface area contributed by atoms with Crippen LogP contribution >= 0.6 is 0 Å². The van der Waals surface area contributed by atoms with E-state index in [1.165, 1.54) is 24.3 Å². The maximum Gasteiger partial charge on any atom is 0.338 e. The van der Waals surface area contributed by atoms with E-state index < -0.39 is 23.7 Å². The van der Waals surface area contributed by atoms with Gasteiger partial charge in [0, 0.05) is 6.42 Å². The molecular weight excluding hydrogens is 263 g/mol. The molecule has 2 aliphatic rings. The molecule has 2 fully saturated rings. The maximum atomic E-state index is 13.1. The van der Waals surface area contributed by atoms with Crippen LogP contribution in [-0.2, 0) is 14.2 Å². The lowest BCUT2D eigenvalue weighted by Gasteiger charge is -2.39. The molecule has 5 heteroatoms. The van der Waals surface area contributed by atoms with Gasteiger partial charge in [0.2, 0.25) is 5.79 Å². The van der Waals surface area contributed by atoms with Gasteiger partial charge >= 0.3 is 5.97 Å². The van der Waals surface area contributed by atoms with Crippen molar-refractivity contribution < 1.29 is 23.4 Å². The Balaban J connectivity index is 1.74. The summed E-state index contributed by atoms with van der Waals surface area (Å²) in [5, 5.41) is 0. The first-order valence-corrected chi connectivity index (χ1v) is 6.94. The Morgan fingerprint density at radius 2 is 2.10 bits per heavy atom. The van der Waals surface area contributed by atoms with E-state index in [-0.39, 0.29) is 5.56 Å². The lowest BCUT2D eigenvalue weighted by atomic mass is 9.99. The molecule has 1 aromatic carbocycles. The lowest BCUT2D eigenvalue weighted by molar-refractivity contribution is -0.277. The zero-order valence-corrected chi connectivity index (χ0v) is 11.1. The fourth-order valence-corrected chi connectivity index (χ4v) is 2.79. The Kier molecular flexibility index (Phi) is 3.72. The molecule has 4 nitrogen and oxygen atoms in total. The molecule has 1 aromatic rings. The van der Waals surface area contributed by atoms with Crippen LogP contribution in [0.15, 0.2) is 24.3 Å². The summed E-state index contributed by atoms with van der Waals surface area (Å²) >= 11 is 0. The van der Waals surface area contributed by atoms with E-state index in [2.05, 4.69) is 0 Å². The predicted octanol–water partition coefficient (Wildman–Crippen LogP) is 2.67. The van der Waals surface area contributed by atoms with Gasteiger partial charge in [0.15, 0.2) is 6.10 Å². The minimum atomic E-state index is -0.790. The average molecular weight is 280 g/mol. The molecule has 1 spiro atoms. The second-order valence-corrected chi connectivity index (χ2v) is 5.16. The molecule has 0 saturated carbocycles. The van der Waals surface area contributed by atoms with Gasteiger partial charge in [-0.05, 0) is 37.5 Å². The van der Waals surface area contributed by atoms with Crippen LogP contribution in [0.25, 0.3) is 0 Å². The highest BCUT2D eigenvalue weighted by Gasteiger charge is 2.48. The Morgan fingerprint density at radius 1 is 1.30 bits per heavy atom. The summed E-state index contributed by atoms with van der Waals surface area (Å²) in [6.45, 7) is 1.24. The van der Waals surface area contributed by atoms with E-state index in [0.717, 1.165) is 19.3 Å². The van der Waals surface area contributed by atoms with Crippen molar-refractivity contribution in [2.75, 3.05) is 13.2 Å². The van der Waals surface area contributed by atoms with E-state index in [9.17, 15) is 9.18 Å². The molecule has 2 heterocycles. The van der Waals surface area contributed by atoms with Gasteiger partial charge in [-0.25, -0.2) is 9.18 Å². The largest absolute Gasteiger partial charge is 0.453 e. The monoisotopic (exact) mass is 280 g/mol. The summed E-state index contributed by atoms with van der Waals surface area (Å²) in [4.78, 5) is 12.1. The second kappa shape index (κ2) is 5.50. The Labute approximate surface area is 116 Å². The third kappa shape index (κ3) is 2.55. The fraction of sp³-hybridized carbons (Fsp3) is 0.533. The third-order valence-electron chi connectivity index (χ3n) is 3.77. The van der Waals surface area contributed by atoms with Gasteiger partial charge in [-0.1, -0.05) is 6.07 Å². The fourth-order valence-electron chi connectivity index (χ4n) is 2.79. The summed E-state index contributed by atoms with van der Waals surface area (Å²) in [6.07, 6.45) is 2.74. The van der Waals surface area contributed by atoms with Gasteiger partial charge in [0.05, 0.1) is 18.8 Å². The molecule has 2 unspecified atom stereocenters. The Bertz CT molecular complexity index is 496. The highest BCUT2D eigenvalue weighted by atomic mass is 19.1. The number of ether oxygens (including phenoxy) is 3. The van der Waals surface area contributed by atoms with Crippen molar-refractivity contribution in [1.29, 1.82) is 0 Å². The van der Waals surface area contributed by atoms with E-state index >= 15 is 0 Å². The van der Waals surface area contributed by atoms with Crippen molar-refractivity contribution in [2.24, 2.45) is 0 Å². The predicted molar refractivity (Wildman–Crippen MR) is 68.7 cm³/mol. The van der Waals surface area contributed by atoms with Crippen LogP contribution in [0, 0.1) is 5.82 Å². The summed E-state index contributed by atoms with van der Waals surface area (Å²) in [7, 11) is 0. The van der Waals surface area contributed by atoms with Crippen LogP contribution in [0.1, 0.15) is 36.0 Å². The smallest absolute Gasteiger partial charge is 0.338 e. The number of carbonyl (C=O) groups is 1. The molecule has 0 aromatic heterocycles. The summed E-state index contributed by atoms with van der Waals surface area (Å²) in [5.74, 6) is -1.78. The van der Waals surface area contributed by atoms with Gasteiger partial charge in [-0.15, -0.1) is 0 Å². The van der Waals surface area contributed by atoms with Crippen molar-refractivity contribution in [3.8, 4) is 0 Å². The van der Waals surface area contributed by atoms with Crippen LogP contribution in [0.4, 0.5) is 4.39 Å². The normalized spacial score (nSPS) is 29.6. The molecule has 2 saturated heterocycles. The van der Waals surface area contributed by atoms with Gasteiger partial charge in [0.1, 0.15) is 5.82 Å². The molecule has 108 valence electrons. The molecule has 20 heavy (non-hydrogen) atoms. The van der Waals surface area contributed by atoms with E-state index in [0.29, 0.717) is 19.6 Å². The number of halogens is 1. The third-order valence-corrected chi connectivity index (χ3v) is 3.77.